The maximum absolute atomic E-state index is 13.5. The van der Waals surface area contributed by atoms with Gasteiger partial charge in [-0.3, -0.25) is 9.52 Å². The zero-order valence-electron chi connectivity index (χ0n) is 23.0. The van der Waals surface area contributed by atoms with E-state index in [0.717, 1.165) is 12.0 Å². The number of amides is 1. The number of anilines is 1. The molecule has 41 heavy (non-hydrogen) atoms. The fourth-order valence-corrected chi connectivity index (χ4v) is 6.38. The largest absolute Gasteiger partial charge is 0.454 e. The summed E-state index contributed by atoms with van der Waals surface area (Å²) in [4.78, 5) is 21.2. The van der Waals surface area contributed by atoms with Crippen LogP contribution >= 0.6 is 0 Å². The lowest BCUT2D eigenvalue weighted by molar-refractivity contribution is 0.0870. The Morgan fingerprint density at radius 1 is 1.05 bits per heavy atom. The molecule has 2 aromatic carbocycles. The Morgan fingerprint density at radius 2 is 1.80 bits per heavy atom. The lowest BCUT2D eigenvalue weighted by Crippen LogP contribution is -2.40. The van der Waals surface area contributed by atoms with Crippen LogP contribution in [0.5, 0.6) is 11.5 Å². The molecule has 4 aromatic rings. The predicted molar refractivity (Wildman–Crippen MR) is 155 cm³/mol. The van der Waals surface area contributed by atoms with Gasteiger partial charge in [0.05, 0.1) is 28.9 Å². The minimum atomic E-state index is -3.90. The van der Waals surface area contributed by atoms with E-state index in [2.05, 4.69) is 40.8 Å². The summed E-state index contributed by atoms with van der Waals surface area (Å²) in [5, 5.41) is 13.8. The second kappa shape index (κ2) is 10.1. The van der Waals surface area contributed by atoms with Gasteiger partial charge in [0, 0.05) is 10.9 Å². The Balaban J connectivity index is 1.39. The number of benzene rings is 2. The van der Waals surface area contributed by atoms with Gasteiger partial charge in [0.1, 0.15) is 11.3 Å². The number of pyridine rings is 1. The lowest BCUT2D eigenvalue weighted by Gasteiger charge is -2.19. The Bertz CT molecular complexity index is 1740. The van der Waals surface area contributed by atoms with E-state index in [4.69, 9.17) is 9.47 Å². The molecule has 6 rings (SSSR count). The van der Waals surface area contributed by atoms with Crippen molar-refractivity contribution in [2.24, 2.45) is 0 Å². The van der Waals surface area contributed by atoms with Crippen LogP contribution in [0.15, 0.2) is 59.6 Å². The molecule has 1 fully saturated rings. The highest BCUT2D eigenvalue weighted by molar-refractivity contribution is 7.92. The monoisotopic (exact) mass is 576 g/mol. The van der Waals surface area contributed by atoms with Crippen LogP contribution in [-0.2, 0) is 15.4 Å². The number of fused-ring (bicyclic) bond motifs is 2. The number of aliphatic hydroxyl groups excluding tert-OH is 1. The standard InChI is InChI=1S/C30H32N4O6S/c1-30(2,3)18-8-10-20(11-9-18)41(37,38)34-19-14-21-26(17-7-12-24-25(13-17)40-16-39-24)27(33-28(21)31-15-19)29(36)32-22-5-4-6-23(22)35/h7-15,22-23,34-35H,4-6,16H2,1-3H3,(H,31,33)(H,32,36). The van der Waals surface area contributed by atoms with E-state index in [0.29, 0.717) is 46.5 Å². The van der Waals surface area contributed by atoms with Gasteiger partial charge in [-0.25, -0.2) is 13.4 Å². The summed E-state index contributed by atoms with van der Waals surface area (Å²) < 4.78 is 40.2. The van der Waals surface area contributed by atoms with Crippen LogP contribution in [0.2, 0.25) is 0 Å². The van der Waals surface area contributed by atoms with Gasteiger partial charge in [-0.05, 0) is 66.1 Å². The van der Waals surface area contributed by atoms with Crippen molar-refractivity contribution in [3.63, 3.8) is 0 Å². The number of nitrogens with one attached hydrogen (secondary N) is 3. The van der Waals surface area contributed by atoms with Crippen molar-refractivity contribution in [3.8, 4) is 22.6 Å². The third kappa shape index (κ3) is 5.22. The van der Waals surface area contributed by atoms with E-state index >= 15 is 0 Å². The number of aromatic amines is 1. The minimum absolute atomic E-state index is 0.101. The highest BCUT2D eigenvalue weighted by Gasteiger charge is 2.30. The minimum Gasteiger partial charge on any atom is -0.454 e. The molecular weight excluding hydrogens is 544 g/mol. The highest BCUT2D eigenvalue weighted by atomic mass is 32.2. The zero-order chi connectivity index (χ0) is 28.9. The highest BCUT2D eigenvalue weighted by Crippen LogP contribution is 2.40. The van der Waals surface area contributed by atoms with Crippen LogP contribution in [0.1, 0.15) is 56.1 Å². The van der Waals surface area contributed by atoms with Crippen molar-refractivity contribution in [3.05, 3.63) is 66.0 Å². The quantitative estimate of drug-likeness (QED) is 0.261. The first-order chi connectivity index (χ1) is 19.5. The Kier molecular flexibility index (Phi) is 6.66. The predicted octanol–water partition coefficient (Wildman–Crippen LogP) is 4.70. The molecule has 2 unspecified atom stereocenters. The number of ether oxygens (including phenoxy) is 2. The first kappa shape index (κ1) is 27.1. The molecule has 10 nitrogen and oxygen atoms in total. The molecule has 4 N–H and O–H groups in total. The second-order valence-corrected chi connectivity index (χ2v) is 13.2. The average Bonchev–Trinajstić information content (AvgIpc) is 3.66. The van der Waals surface area contributed by atoms with Crippen molar-refractivity contribution >= 4 is 32.7 Å². The first-order valence-corrected chi connectivity index (χ1v) is 15.0. The number of rotatable bonds is 6. The third-order valence-electron chi connectivity index (χ3n) is 7.62. The smallest absolute Gasteiger partial charge is 0.268 e. The van der Waals surface area contributed by atoms with Crippen LogP contribution in [-0.4, -0.2) is 48.3 Å². The summed E-state index contributed by atoms with van der Waals surface area (Å²) in [5.74, 6) is 0.748. The fourth-order valence-electron chi connectivity index (χ4n) is 5.35. The van der Waals surface area contributed by atoms with E-state index in [1.807, 2.05) is 18.2 Å². The van der Waals surface area contributed by atoms with E-state index in [9.17, 15) is 18.3 Å². The molecule has 1 saturated carbocycles. The van der Waals surface area contributed by atoms with Crippen LogP contribution in [0, 0.1) is 0 Å². The molecule has 3 heterocycles. The van der Waals surface area contributed by atoms with Crippen LogP contribution in [0.3, 0.4) is 0 Å². The number of sulfonamides is 1. The summed E-state index contributed by atoms with van der Waals surface area (Å²) in [7, 11) is -3.90. The van der Waals surface area contributed by atoms with E-state index in [-0.39, 0.29) is 40.4 Å². The molecular formula is C30H32N4O6S. The van der Waals surface area contributed by atoms with Crippen LogP contribution in [0.4, 0.5) is 5.69 Å². The molecule has 0 bridgehead atoms. The summed E-state index contributed by atoms with van der Waals surface area (Å²) >= 11 is 0. The van der Waals surface area contributed by atoms with Crippen molar-refractivity contribution in [1.29, 1.82) is 0 Å². The molecule has 2 aliphatic rings. The Morgan fingerprint density at radius 3 is 2.51 bits per heavy atom. The second-order valence-electron chi connectivity index (χ2n) is 11.5. The molecule has 0 saturated heterocycles. The number of carbonyl (C=O) groups excluding carboxylic acids is 1. The number of H-pyrrole nitrogens is 1. The van der Waals surface area contributed by atoms with Gasteiger partial charge in [0.15, 0.2) is 11.5 Å². The molecule has 1 aliphatic heterocycles. The summed E-state index contributed by atoms with van der Waals surface area (Å²) in [6, 6.07) is 13.5. The molecule has 1 aliphatic carbocycles. The number of aliphatic hydroxyl groups is 1. The van der Waals surface area contributed by atoms with Gasteiger partial charge in [0.25, 0.3) is 15.9 Å². The van der Waals surface area contributed by atoms with Gasteiger partial charge in [-0.1, -0.05) is 39.0 Å². The summed E-state index contributed by atoms with van der Waals surface area (Å²) in [5.41, 5.74) is 3.02. The molecule has 11 heteroatoms. The normalized spacial score (nSPS) is 18.5. The van der Waals surface area contributed by atoms with Crippen LogP contribution in [0.25, 0.3) is 22.2 Å². The van der Waals surface area contributed by atoms with E-state index in [1.54, 1.807) is 30.3 Å². The van der Waals surface area contributed by atoms with Crippen molar-refractivity contribution in [2.75, 3.05) is 11.5 Å². The van der Waals surface area contributed by atoms with E-state index in [1.165, 1.54) is 6.20 Å². The Hall–Kier alpha value is -4.09. The Labute approximate surface area is 238 Å². The van der Waals surface area contributed by atoms with Crippen LogP contribution < -0.4 is 19.5 Å². The van der Waals surface area contributed by atoms with Gasteiger partial charge in [0.2, 0.25) is 6.79 Å². The van der Waals surface area contributed by atoms with Crippen molar-refractivity contribution in [2.45, 2.75) is 62.5 Å². The topological polar surface area (TPSA) is 143 Å². The van der Waals surface area contributed by atoms with Gasteiger partial charge >= 0.3 is 0 Å². The van der Waals surface area contributed by atoms with Crippen molar-refractivity contribution in [1.82, 2.24) is 15.3 Å². The molecule has 0 radical (unpaired) electrons. The van der Waals surface area contributed by atoms with Gasteiger partial charge in [-0.2, -0.15) is 0 Å². The van der Waals surface area contributed by atoms with Gasteiger partial charge in [-0.15, -0.1) is 0 Å². The maximum atomic E-state index is 13.5. The average molecular weight is 577 g/mol. The molecule has 0 spiro atoms. The summed E-state index contributed by atoms with van der Waals surface area (Å²) in [6.07, 6.45) is 2.96. The van der Waals surface area contributed by atoms with Gasteiger partial charge < -0.3 is 24.9 Å². The number of aromatic nitrogens is 2. The first-order valence-electron chi connectivity index (χ1n) is 13.5. The SMILES string of the molecule is CC(C)(C)c1ccc(S(=O)(=O)Nc2cnc3[nH]c(C(=O)NC4CCCC4O)c(-c4ccc5c(c4)OCO5)c3c2)cc1. The maximum Gasteiger partial charge on any atom is 0.268 e. The molecule has 1 amide bonds. The van der Waals surface area contributed by atoms with E-state index < -0.39 is 16.1 Å². The zero-order valence-corrected chi connectivity index (χ0v) is 23.8. The molecule has 2 aromatic heterocycles. The number of hydrogen-bond acceptors (Lipinski definition) is 7. The summed E-state index contributed by atoms with van der Waals surface area (Å²) in [6.45, 7) is 6.29. The molecule has 2 atom stereocenters. The molecule has 214 valence electrons. The third-order valence-corrected chi connectivity index (χ3v) is 9.01. The lowest BCUT2D eigenvalue weighted by atomic mass is 9.87. The fraction of sp³-hybridized carbons (Fsp3) is 0.333. The number of carbonyl (C=O) groups is 1. The number of nitrogens with zero attached hydrogens (tertiary/aromatic N) is 1. The van der Waals surface area contributed by atoms with Crippen molar-refractivity contribution < 1.29 is 27.8 Å². The number of hydrogen-bond donors (Lipinski definition) is 4.